The molecule has 1 aromatic heterocycles. The second kappa shape index (κ2) is 9.35. The van der Waals surface area contributed by atoms with Crippen molar-refractivity contribution in [2.24, 2.45) is 0 Å². The molecule has 0 unspecified atom stereocenters. The summed E-state index contributed by atoms with van der Waals surface area (Å²) in [6.45, 7) is 10.3. The molecule has 2 aromatic carbocycles. The predicted octanol–water partition coefficient (Wildman–Crippen LogP) is 5.16. The third-order valence-electron chi connectivity index (χ3n) is 4.21. The van der Waals surface area contributed by atoms with Gasteiger partial charge in [-0.15, -0.1) is 0 Å². The zero-order chi connectivity index (χ0) is 21.7. The Balaban J connectivity index is 1.96. The van der Waals surface area contributed by atoms with E-state index in [0.29, 0.717) is 6.61 Å². The molecule has 7 nitrogen and oxygen atoms in total. The van der Waals surface area contributed by atoms with Crippen molar-refractivity contribution in [2.75, 3.05) is 17.2 Å². The van der Waals surface area contributed by atoms with Crippen molar-refractivity contribution in [3.63, 3.8) is 0 Å². The molecule has 0 fully saturated rings. The second-order valence-electron chi connectivity index (χ2n) is 7.44. The van der Waals surface area contributed by atoms with E-state index in [1.54, 1.807) is 0 Å². The normalized spacial score (nSPS) is 10.6. The van der Waals surface area contributed by atoms with Gasteiger partial charge in [-0.3, -0.25) is 0 Å². The van der Waals surface area contributed by atoms with E-state index in [0.717, 1.165) is 40.0 Å². The summed E-state index contributed by atoms with van der Waals surface area (Å²) >= 11 is 0. The smallest absolute Gasteiger partial charge is 0.376 e. The van der Waals surface area contributed by atoms with E-state index in [1.165, 1.54) is 0 Å². The van der Waals surface area contributed by atoms with Gasteiger partial charge in [0.25, 0.3) is 0 Å². The van der Waals surface area contributed by atoms with Gasteiger partial charge in [0.2, 0.25) is 17.7 Å². The first-order valence-electron chi connectivity index (χ1n) is 9.96. The number of aromatic nitrogens is 3. The number of nitrogens with zero attached hydrogens (tertiary/aromatic N) is 3. The number of nitrogens with one attached hydrogen (secondary N) is 2. The minimum atomic E-state index is -0.578. The Morgan fingerprint density at radius 3 is 1.60 bits per heavy atom. The van der Waals surface area contributed by atoms with Crippen molar-refractivity contribution in [3.05, 3.63) is 64.5 Å². The van der Waals surface area contributed by atoms with Crippen LogP contribution in [0.25, 0.3) is 0 Å². The molecule has 0 spiro atoms. The molecule has 156 valence electrons. The van der Waals surface area contributed by atoms with Crippen molar-refractivity contribution in [1.82, 2.24) is 15.0 Å². The Morgan fingerprint density at radius 2 is 1.20 bits per heavy atom. The largest absolute Gasteiger partial charge is 0.460 e. The van der Waals surface area contributed by atoms with Crippen LogP contribution in [0.3, 0.4) is 0 Å². The molecular formula is C23H27N5O2. The summed E-state index contributed by atoms with van der Waals surface area (Å²) < 4.78 is 5.22. The van der Waals surface area contributed by atoms with E-state index in [1.807, 2.05) is 58.9 Å². The minimum Gasteiger partial charge on any atom is -0.460 e. The van der Waals surface area contributed by atoms with Gasteiger partial charge in [0.15, 0.2) is 0 Å². The molecule has 0 amide bonds. The Labute approximate surface area is 176 Å². The quantitative estimate of drug-likeness (QED) is 0.525. The summed E-state index contributed by atoms with van der Waals surface area (Å²) in [7, 11) is 0. The monoisotopic (exact) mass is 405 g/mol. The summed E-state index contributed by atoms with van der Waals surface area (Å²) in [5, 5.41) is 6.35. The van der Waals surface area contributed by atoms with Crippen molar-refractivity contribution in [1.29, 1.82) is 0 Å². The minimum absolute atomic E-state index is 0.0443. The molecule has 0 aliphatic carbocycles. The highest BCUT2D eigenvalue weighted by Gasteiger charge is 2.16. The van der Waals surface area contributed by atoms with Crippen LogP contribution < -0.4 is 10.6 Å². The Kier molecular flexibility index (Phi) is 6.61. The van der Waals surface area contributed by atoms with Crippen LogP contribution in [0.4, 0.5) is 23.3 Å². The van der Waals surface area contributed by atoms with Gasteiger partial charge in [-0.25, -0.2) is 4.79 Å². The summed E-state index contributed by atoms with van der Waals surface area (Å²) in [5.41, 5.74) is 6.13. The number of anilines is 4. The lowest BCUT2D eigenvalue weighted by atomic mass is 10.1. The third-order valence-corrected chi connectivity index (χ3v) is 4.21. The molecule has 30 heavy (non-hydrogen) atoms. The SMILES string of the molecule is CCCOC(=O)c1nc(Nc2cc(C)cc(C)c2)nc(Nc2cc(C)cc(C)c2)n1. The fraction of sp³-hybridized carbons (Fsp3) is 0.304. The summed E-state index contributed by atoms with van der Waals surface area (Å²) in [4.78, 5) is 25.4. The number of ether oxygens (including phenoxy) is 1. The van der Waals surface area contributed by atoms with Crippen molar-refractivity contribution in [2.45, 2.75) is 41.0 Å². The van der Waals surface area contributed by atoms with Gasteiger partial charge in [-0.1, -0.05) is 19.1 Å². The average Bonchev–Trinajstić information content (AvgIpc) is 2.64. The standard InChI is InChI=1S/C23H27N5O2/c1-6-7-30-21(29)20-26-22(24-18-10-14(2)8-15(3)11-18)28-23(27-20)25-19-12-16(4)9-17(5)13-19/h8-13H,6-7H2,1-5H3,(H2,24,25,26,27,28). The third kappa shape index (κ3) is 5.76. The molecule has 0 saturated carbocycles. The lowest BCUT2D eigenvalue weighted by Crippen LogP contribution is -2.14. The van der Waals surface area contributed by atoms with E-state index >= 15 is 0 Å². The first kappa shape index (κ1) is 21.2. The summed E-state index contributed by atoms with van der Waals surface area (Å²) in [5.74, 6) is -0.0842. The van der Waals surface area contributed by atoms with Crippen LogP contribution >= 0.6 is 0 Å². The van der Waals surface area contributed by atoms with E-state index in [9.17, 15) is 4.79 Å². The molecular weight excluding hydrogens is 378 g/mol. The molecule has 0 aliphatic heterocycles. The van der Waals surface area contributed by atoms with Crippen molar-refractivity contribution >= 4 is 29.2 Å². The Bertz CT molecular complexity index is 953. The molecule has 3 rings (SSSR count). The molecule has 1 heterocycles. The molecule has 0 atom stereocenters. The van der Waals surface area contributed by atoms with Gasteiger partial charge >= 0.3 is 5.97 Å². The average molecular weight is 406 g/mol. The molecule has 0 aliphatic rings. The summed E-state index contributed by atoms with van der Waals surface area (Å²) in [6, 6.07) is 12.1. The number of hydrogen-bond acceptors (Lipinski definition) is 7. The molecule has 2 N–H and O–H groups in total. The number of rotatable bonds is 7. The summed E-state index contributed by atoms with van der Waals surface area (Å²) in [6.07, 6.45) is 0.720. The number of hydrogen-bond donors (Lipinski definition) is 2. The van der Waals surface area contributed by atoms with E-state index in [4.69, 9.17) is 4.74 Å². The zero-order valence-electron chi connectivity index (χ0n) is 18.0. The first-order chi connectivity index (χ1) is 14.3. The van der Waals surface area contributed by atoms with Crippen LogP contribution in [0.15, 0.2) is 36.4 Å². The number of carbonyl (C=O) groups is 1. The highest BCUT2D eigenvalue weighted by Crippen LogP contribution is 2.21. The van der Waals surface area contributed by atoms with Gasteiger partial charge in [0.1, 0.15) is 0 Å². The first-order valence-corrected chi connectivity index (χ1v) is 9.96. The fourth-order valence-electron chi connectivity index (χ4n) is 3.19. The second-order valence-corrected chi connectivity index (χ2v) is 7.44. The molecule has 3 aromatic rings. The van der Waals surface area contributed by atoms with E-state index in [2.05, 4.69) is 37.7 Å². The number of benzene rings is 2. The maximum atomic E-state index is 12.4. The van der Waals surface area contributed by atoms with E-state index < -0.39 is 5.97 Å². The van der Waals surface area contributed by atoms with Gasteiger partial charge < -0.3 is 15.4 Å². The van der Waals surface area contributed by atoms with Crippen LogP contribution in [0, 0.1) is 27.7 Å². The molecule has 7 heteroatoms. The lowest BCUT2D eigenvalue weighted by molar-refractivity contribution is 0.0490. The number of aryl methyl sites for hydroxylation is 4. The topological polar surface area (TPSA) is 89.0 Å². The molecule has 0 radical (unpaired) electrons. The number of esters is 1. The Morgan fingerprint density at radius 1 is 0.767 bits per heavy atom. The molecule has 0 bridgehead atoms. The van der Waals surface area contributed by atoms with Gasteiger partial charge in [-0.2, -0.15) is 15.0 Å². The Hall–Kier alpha value is -3.48. The van der Waals surface area contributed by atoms with Crippen LogP contribution in [-0.2, 0) is 4.74 Å². The maximum Gasteiger partial charge on any atom is 0.376 e. The van der Waals surface area contributed by atoms with Crippen molar-refractivity contribution < 1.29 is 9.53 Å². The zero-order valence-corrected chi connectivity index (χ0v) is 18.0. The highest BCUT2D eigenvalue weighted by atomic mass is 16.5. The van der Waals surface area contributed by atoms with Crippen LogP contribution in [0.5, 0.6) is 0 Å². The fourth-order valence-corrected chi connectivity index (χ4v) is 3.19. The highest BCUT2D eigenvalue weighted by molar-refractivity contribution is 5.86. The molecule has 0 saturated heterocycles. The van der Waals surface area contributed by atoms with Gasteiger partial charge in [0.05, 0.1) is 6.61 Å². The van der Waals surface area contributed by atoms with E-state index in [-0.39, 0.29) is 17.7 Å². The lowest BCUT2D eigenvalue weighted by Gasteiger charge is -2.12. The van der Waals surface area contributed by atoms with Crippen LogP contribution in [0.2, 0.25) is 0 Å². The maximum absolute atomic E-state index is 12.4. The predicted molar refractivity (Wildman–Crippen MR) is 119 cm³/mol. The van der Waals surface area contributed by atoms with Crippen LogP contribution in [0.1, 0.15) is 46.2 Å². The van der Waals surface area contributed by atoms with Gasteiger partial charge in [-0.05, 0) is 80.6 Å². The van der Waals surface area contributed by atoms with Crippen LogP contribution in [-0.4, -0.2) is 27.5 Å². The van der Waals surface area contributed by atoms with Gasteiger partial charge in [0, 0.05) is 11.4 Å². The van der Waals surface area contributed by atoms with Crippen molar-refractivity contribution in [3.8, 4) is 0 Å². The number of carbonyl (C=O) groups excluding carboxylic acids is 1.